The van der Waals surface area contributed by atoms with Gasteiger partial charge in [0, 0.05) is 5.41 Å². The molecule has 0 aliphatic heterocycles. The molecule has 132 valence electrons. The number of carbonyl (C=O) groups is 2. The number of aromatic nitrogens is 1. The zero-order valence-corrected chi connectivity index (χ0v) is 14.9. The summed E-state index contributed by atoms with van der Waals surface area (Å²) in [7, 11) is 0. The Morgan fingerprint density at radius 2 is 1.84 bits per heavy atom. The Labute approximate surface area is 147 Å². The maximum absolute atomic E-state index is 12.0. The van der Waals surface area contributed by atoms with Crippen LogP contribution in [0.2, 0.25) is 0 Å². The molecule has 0 fully saturated rings. The van der Waals surface area contributed by atoms with Crippen molar-refractivity contribution in [3.8, 4) is 0 Å². The number of hydrogen-bond acceptors (Lipinski definition) is 5. The number of anilines is 3. The second kappa shape index (κ2) is 7.79. The van der Waals surface area contributed by atoms with E-state index in [2.05, 4.69) is 15.6 Å². The molecule has 0 atom stereocenters. The molecule has 2 aromatic rings. The Morgan fingerprint density at radius 3 is 2.44 bits per heavy atom. The van der Waals surface area contributed by atoms with E-state index in [0.29, 0.717) is 29.4 Å². The van der Waals surface area contributed by atoms with Gasteiger partial charge in [-0.2, -0.15) is 0 Å². The minimum atomic E-state index is -0.477. The van der Waals surface area contributed by atoms with E-state index in [1.54, 1.807) is 43.5 Å². The maximum atomic E-state index is 12.0. The van der Waals surface area contributed by atoms with Crippen LogP contribution in [0.25, 0.3) is 0 Å². The first-order valence-corrected chi connectivity index (χ1v) is 8.12. The Bertz CT molecular complexity index is 749. The van der Waals surface area contributed by atoms with Gasteiger partial charge in [0.15, 0.2) is 0 Å². The molecule has 0 bridgehead atoms. The third-order valence-electron chi connectivity index (χ3n) is 3.39. The predicted octanol–water partition coefficient (Wildman–Crippen LogP) is 3.99. The minimum Gasteiger partial charge on any atom is -0.462 e. The molecule has 6 nitrogen and oxygen atoms in total. The number of rotatable bonds is 5. The van der Waals surface area contributed by atoms with E-state index in [-0.39, 0.29) is 11.9 Å². The van der Waals surface area contributed by atoms with E-state index < -0.39 is 5.41 Å². The van der Waals surface area contributed by atoms with Crippen LogP contribution in [-0.2, 0) is 9.53 Å². The van der Waals surface area contributed by atoms with Gasteiger partial charge in [0.05, 0.1) is 29.7 Å². The van der Waals surface area contributed by atoms with E-state index in [1.807, 2.05) is 26.8 Å². The SMILES string of the molecule is CCOC(=O)c1ccccc1Nc1ccc(NC(=O)C(C)(C)C)cn1. The quantitative estimate of drug-likeness (QED) is 0.804. The van der Waals surface area contributed by atoms with Crippen LogP contribution in [-0.4, -0.2) is 23.5 Å². The van der Waals surface area contributed by atoms with Crippen LogP contribution in [0.3, 0.4) is 0 Å². The van der Waals surface area contributed by atoms with Crippen LogP contribution in [0.1, 0.15) is 38.1 Å². The van der Waals surface area contributed by atoms with Crippen molar-refractivity contribution in [1.82, 2.24) is 4.98 Å². The topological polar surface area (TPSA) is 80.3 Å². The van der Waals surface area contributed by atoms with E-state index in [4.69, 9.17) is 4.74 Å². The van der Waals surface area contributed by atoms with Gasteiger partial charge in [-0.1, -0.05) is 32.9 Å². The molecular formula is C19H23N3O3. The molecule has 0 spiro atoms. The zero-order valence-electron chi connectivity index (χ0n) is 14.9. The number of amides is 1. The van der Waals surface area contributed by atoms with Crippen LogP contribution in [0.15, 0.2) is 42.6 Å². The summed E-state index contributed by atoms with van der Waals surface area (Å²) in [6, 6.07) is 10.6. The second-order valence-electron chi connectivity index (χ2n) is 6.53. The number of hydrogen-bond donors (Lipinski definition) is 2. The van der Waals surface area contributed by atoms with Gasteiger partial charge in [0.1, 0.15) is 5.82 Å². The summed E-state index contributed by atoms with van der Waals surface area (Å²) in [4.78, 5) is 28.3. The molecule has 0 unspecified atom stereocenters. The summed E-state index contributed by atoms with van der Waals surface area (Å²) in [5, 5.41) is 5.91. The Kier molecular flexibility index (Phi) is 5.75. The molecule has 0 aliphatic carbocycles. The van der Waals surface area contributed by atoms with Crippen LogP contribution >= 0.6 is 0 Å². The van der Waals surface area contributed by atoms with Gasteiger partial charge in [0.2, 0.25) is 5.91 Å². The third-order valence-corrected chi connectivity index (χ3v) is 3.39. The summed E-state index contributed by atoms with van der Waals surface area (Å²) in [5.74, 6) is 0.0906. The molecule has 2 rings (SSSR count). The number of nitrogens with one attached hydrogen (secondary N) is 2. The lowest BCUT2D eigenvalue weighted by Crippen LogP contribution is -2.27. The highest BCUT2D eigenvalue weighted by Crippen LogP contribution is 2.22. The molecule has 1 heterocycles. The molecule has 0 radical (unpaired) electrons. The van der Waals surface area contributed by atoms with Gasteiger partial charge in [-0.05, 0) is 31.2 Å². The number of carbonyl (C=O) groups excluding carboxylic acids is 2. The molecule has 0 aliphatic rings. The molecule has 2 N–H and O–H groups in total. The Morgan fingerprint density at radius 1 is 1.12 bits per heavy atom. The molecule has 6 heteroatoms. The predicted molar refractivity (Wildman–Crippen MR) is 98.0 cm³/mol. The monoisotopic (exact) mass is 341 g/mol. The summed E-state index contributed by atoms with van der Waals surface area (Å²) in [6.07, 6.45) is 1.57. The van der Waals surface area contributed by atoms with Crippen molar-refractivity contribution in [2.24, 2.45) is 5.41 Å². The summed E-state index contributed by atoms with van der Waals surface area (Å²) < 4.78 is 5.05. The number of esters is 1. The second-order valence-corrected chi connectivity index (χ2v) is 6.53. The maximum Gasteiger partial charge on any atom is 0.340 e. The largest absolute Gasteiger partial charge is 0.462 e. The standard InChI is InChI=1S/C19H23N3O3/c1-5-25-17(23)14-8-6-7-9-15(14)22-16-11-10-13(12-20-16)21-18(24)19(2,3)4/h6-12H,5H2,1-4H3,(H,20,22)(H,21,24). The summed E-state index contributed by atoms with van der Waals surface area (Å²) >= 11 is 0. The first-order valence-electron chi connectivity index (χ1n) is 8.12. The van der Waals surface area contributed by atoms with Gasteiger partial charge in [-0.25, -0.2) is 9.78 Å². The Balaban J connectivity index is 2.12. The molecule has 1 aromatic carbocycles. The van der Waals surface area contributed by atoms with E-state index >= 15 is 0 Å². The minimum absolute atomic E-state index is 0.0809. The number of pyridine rings is 1. The number of benzene rings is 1. The van der Waals surface area contributed by atoms with Crippen molar-refractivity contribution in [3.05, 3.63) is 48.2 Å². The van der Waals surface area contributed by atoms with Crippen molar-refractivity contribution >= 4 is 29.1 Å². The van der Waals surface area contributed by atoms with Gasteiger partial charge >= 0.3 is 5.97 Å². The molecule has 25 heavy (non-hydrogen) atoms. The fraction of sp³-hybridized carbons (Fsp3) is 0.316. The molecule has 1 amide bonds. The van der Waals surface area contributed by atoms with Crippen molar-refractivity contribution in [3.63, 3.8) is 0 Å². The lowest BCUT2D eigenvalue weighted by molar-refractivity contribution is -0.123. The Hall–Kier alpha value is -2.89. The van der Waals surface area contributed by atoms with Crippen LogP contribution in [0, 0.1) is 5.41 Å². The van der Waals surface area contributed by atoms with Gasteiger partial charge < -0.3 is 15.4 Å². The van der Waals surface area contributed by atoms with E-state index in [0.717, 1.165) is 0 Å². The van der Waals surface area contributed by atoms with Crippen LogP contribution in [0.5, 0.6) is 0 Å². The fourth-order valence-electron chi connectivity index (χ4n) is 1.98. The molecular weight excluding hydrogens is 318 g/mol. The van der Waals surface area contributed by atoms with Crippen LogP contribution < -0.4 is 10.6 Å². The number of ether oxygens (including phenoxy) is 1. The first-order chi connectivity index (χ1) is 11.8. The van der Waals surface area contributed by atoms with Gasteiger partial charge in [-0.3, -0.25) is 4.79 Å². The van der Waals surface area contributed by atoms with Crippen molar-refractivity contribution in [2.45, 2.75) is 27.7 Å². The highest BCUT2D eigenvalue weighted by Gasteiger charge is 2.21. The highest BCUT2D eigenvalue weighted by molar-refractivity contribution is 5.96. The zero-order chi connectivity index (χ0) is 18.4. The van der Waals surface area contributed by atoms with E-state index in [9.17, 15) is 9.59 Å². The summed E-state index contributed by atoms with van der Waals surface area (Å²) in [6.45, 7) is 7.61. The normalized spacial score (nSPS) is 10.9. The third kappa shape index (κ3) is 5.04. The fourth-order valence-corrected chi connectivity index (χ4v) is 1.98. The first kappa shape index (κ1) is 18.4. The highest BCUT2D eigenvalue weighted by atomic mass is 16.5. The van der Waals surface area contributed by atoms with Crippen molar-refractivity contribution in [1.29, 1.82) is 0 Å². The average molecular weight is 341 g/mol. The lowest BCUT2D eigenvalue weighted by Gasteiger charge is -2.17. The smallest absolute Gasteiger partial charge is 0.340 e. The number of nitrogens with zero attached hydrogens (tertiary/aromatic N) is 1. The van der Waals surface area contributed by atoms with Gasteiger partial charge in [0.25, 0.3) is 0 Å². The average Bonchev–Trinajstić information content (AvgIpc) is 2.56. The van der Waals surface area contributed by atoms with Crippen LogP contribution in [0.4, 0.5) is 17.2 Å². The van der Waals surface area contributed by atoms with E-state index in [1.165, 1.54) is 0 Å². The molecule has 0 saturated carbocycles. The van der Waals surface area contributed by atoms with Crippen molar-refractivity contribution in [2.75, 3.05) is 17.2 Å². The van der Waals surface area contributed by atoms with Crippen molar-refractivity contribution < 1.29 is 14.3 Å². The molecule has 1 aromatic heterocycles. The number of para-hydroxylation sites is 1. The lowest BCUT2D eigenvalue weighted by atomic mass is 9.96. The van der Waals surface area contributed by atoms with Gasteiger partial charge in [-0.15, -0.1) is 0 Å². The molecule has 0 saturated heterocycles. The summed E-state index contributed by atoms with van der Waals surface area (Å²) in [5.41, 5.74) is 1.19.